The third-order valence-corrected chi connectivity index (χ3v) is 19.7. The first-order chi connectivity index (χ1) is 49.9. The summed E-state index contributed by atoms with van der Waals surface area (Å²) in [6.07, 6.45) is 0.747. The van der Waals surface area contributed by atoms with E-state index in [0.29, 0.717) is 38.3 Å². The van der Waals surface area contributed by atoms with Crippen molar-refractivity contribution >= 4 is 64.6 Å². The zero-order valence-electron chi connectivity index (χ0n) is 55.8. The number of phenolic OH excluding ortho intramolecular Hbond substituents is 6. The molecule has 7 aliphatic heterocycles. The van der Waals surface area contributed by atoms with Crippen molar-refractivity contribution in [3.05, 3.63) is 199 Å². The number of hydrogen-bond acceptors (Lipinski definition) is 20. The van der Waals surface area contributed by atoms with Crippen molar-refractivity contribution < 1.29 is 83.5 Å². The molecule has 0 radical (unpaired) electrons. The van der Waals surface area contributed by atoms with Gasteiger partial charge in [0, 0.05) is 69.9 Å². The van der Waals surface area contributed by atoms with Crippen LogP contribution in [0.3, 0.4) is 0 Å². The number of aromatic hydroxyl groups is 6. The van der Waals surface area contributed by atoms with Crippen molar-refractivity contribution in [1.29, 1.82) is 0 Å². The van der Waals surface area contributed by atoms with E-state index in [4.69, 9.17) is 43.1 Å². The van der Waals surface area contributed by atoms with E-state index in [1.165, 1.54) is 85.4 Å². The molecule has 1 fully saturated rings. The number of phenols is 6. The van der Waals surface area contributed by atoms with Gasteiger partial charge in [-0.05, 0) is 142 Å². The van der Waals surface area contributed by atoms with Crippen molar-refractivity contribution in [2.75, 3.05) is 33.2 Å². The number of aliphatic hydroxyl groups is 1. The summed E-state index contributed by atoms with van der Waals surface area (Å²) in [6, 6.07) is 17.3. The molecule has 16 N–H and O–H groups in total. The molecule has 0 spiro atoms. The molecule has 0 saturated carbocycles. The third-order valence-electron chi connectivity index (χ3n) is 19.1. The van der Waals surface area contributed by atoms with Crippen LogP contribution in [-0.4, -0.2) is 132 Å². The van der Waals surface area contributed by atoms with Gasteiger partial charge in [-0.25, -0.2) is 0 Å². The SMILES string of the molecule is CCCCc1ccc(CN2CCN(Cc3c(O)cc4c(c3O)-c3cc(ccc3O)C3NC(=O)C5NC(=O)C6NC(=O)C(Cc7ccc(c(Cl)c7)Oc7cc5cc(c7O)Oc5ccc(cc5Cl)C(O)C(NC3=O)C(=O)NC4C(=O)NC)NC(=O)C(N)c3ccc(O)c(c3)Oc3cc(O)cc6c3)CC2)cc1. The summed E-state index contributed by atoms with van der Waals surface area (Å²) in [5.74, 6) is -13.2. The smallest absolute Gasteiger partial charge is 0.248 e. The molecular weight excluding hydrogens is 1380 g/mol. The topological polar surface area (TPSA) is 405 Å². The standard InChI is InChI=1S/C75H72Cl2N10O17/c1-3-4-5-35-6-8-36(9-7-35)33-86-18-20-87(21-19-86)34-47-53(91)32-46-59(67(47)93)45-26-39(12-14-51(45)89)61-72(98)85-65(75(101)84-64(46)71(97)79-2)66(92)40-13-17-55(49(77)27-40)104-58-30-42-29-57(68(58)94)103-54-16-10-37(22-48(54)76)23-50-69(95)81-62(73(99)83-63(42)74(100)82-61)41-24-43(88)31-44(25-41)102-56-28-38(11-15-52(56)90)60(78)70(96)80-50/h6-17,22,24-32,50,60-66,88-94H,3-5,18-21,23,33-34,78H2,1-2H3,(H,79,97)(H,80,96)(H,81,95)(H,82,100)(H,83,99)(H,84,101)(H,85,98). The number of nitrogens with one attached hydrogen (secondary N) is 7. The van der Waals surface area contributed by atoms with Crippen LogP contribution in [0.4, 0.5) is 0 Å². The molecule has 7 amide bonds. The van der Waals surface area contributed by atoms with Gasteiger partial charge in [0.05, 0.1) is 15.6 Å². The Hall–Kier alpha value is -11.3. The van der Waals surface area contributed by atoms with Crippen molar-refractivity contribution in [1.82, 2.24) is 47.0 Å². The maximum atomic E-state index is 16.1. The van der Waals surface area contributed by atoms with Gasteiger partial charge in [0.15, 0.2) is 23.0 Å². The number of ether oxygens (including phenoxy) is 3. The Morgan fingerprint density at radius 1 is 0.538 bits per heavy atom. The summed E-state index contributed by atoms with van der Waals surface area (Å²) >= 11 is 13.9. The number of fused-ring (bicyclic) bond motifs is 14. The zero-order valence-corrected chi connectivity index (χ0v) is 57.3. The number of aliphatic hydroxyl groups excluding tert-OH is 1. The number of amides is 7. The molecule has 0 aliphatic carbocycles. The van der Waals surface area contributed by atoms with Gasteiger partial charge in [-0.3, -0.25) is 43.4 Å². The number of likely N-dealkylation sites (N-methyl/N-ethyl adjacent to an activating group) is 1. The van der Waals surface area contributed by atoms with E-state index in [-0.39, 0.29) is 96.1 Å². The van der Waals surface area contributed by atoms with Gasteiger partial charge >= 0.3 is 0 Å². The van der Waals surface area contributed by atoms with Gasteiger partial charge in [-0.2, -0.15) is 0 Å². The van der Waals surface area contributed by atoms with Gasteiger partial charge < -0.3 is 92.9 Å². The molecule has 0 aromatic heterocycles. The molecule has 29 heteroatoms. The van der Waals surface area contributed by atoms with E-state index in [1.54, 1.807) is 0 Å². The summed E-state index contributed by atoms with van der Waals surface area (Å²) in [4.78, 5) is 111. The lowest BCUT2D eigenvalue weighted by molar-refractivity contribution is -0.137. The van der Waals surface area contributed by atoms with Crippen LogP contribution < -0.4 is 57.2 Å². The highest BCUT2D eigenvalue weighted by molar-refractivity contribution is 6.32. The average molecular weight is 1460 g/mol. The lowest BCUT2D eigenvalue weighted by Crippen LogP contribution is -2.55. The summed E-state index contributed by atoms with van der Waals surface area (Å²) < 4.78 is 18.7. The van der Waals surface area contributed by atoms with Crippen molar-refractivity contribution in [2.24, 2.45) is 5.73 Å². The molecule has 538 valence electrons. The largest absolute Gasteiger partial charge is 0.508 e. The number of halogens is 2. The minimum absolute atomic E-state index is 0.0521. The van der Waals surface area contributed by atoms with Gasteiger partial charge in [0.25, 0.3) is 0 Å². The number of carbonyl (C=O) groups excluding carboxylic acids is 7. The average Bonchev–Trinajstić information content (AvgIpc) is 0.762. The van der Waals surface area contributed by atoms with Crippen LogP contribution in [-0.2, 0) is 59.5 Å². The van der Waals surface area contributed by atoms with Crippen LogP contribution in [0.5, 0.6) is 69.0 Å². The molecule has 8 atom stereocenters. The van der Waals surface area contributed by atoms with Crippen molar-refractivity contribution in [2.45, 2.75) is 94.1 Å². The molecular formula is C75H72Cl2N10O17. The van der Waals surface area contributed by atoms with Gasteiger partial charge in [-0.15, -0.1) is 0 Å². The van der Waals surface area contributed by atoms with Crippen LogP contribution in [0.1, 0.15) is 112 Å². The number of hydrogen-bond donors (Lipinski definition) is 15. The second-order valence-corrected chi connectivity index (χ2v) is 26.9. The molecule has 8 aromatic rings. The molecule has 8 unspecified atom stereocenters. The number of carbonyl (C=O) groups is 7. The molecule has 7 heterocycles. The summed E-state index contributed by atoms with van der Waals surface area (Å²) in [5, 5.41) is 102. The lowest BCUT2D eigenvalue weighted by atomic mass is 9.87. The first-order valence-electron chi connectivity index (χ1n) is 33.4. The highest BCUT2D eigenvalue weighted by atomic mass is 35.5. The Labute approximate surface area is 604 Å². The molecule has 15 rings (SSSR count). The molecule has 8 aromatic carbocycles. The minimum Gasteiger partial charge on any atom is -0.508 e. The third kappa shape index (κ3) is 14.7. The Morgan fingerprint density at radius 3 is 1.79 bits per heavy atom. The van der Waals surface area contributed by atoms with Gasteiger partial charge in [0.2, 0.25) is 47.1 Å². The van der Waals surface area contributed by atoms with Crippen LogP contribution in [0, 0.1) is 0 Å². The molecule has 17 bridgehead atoms. The number of unbranched alkanes of at least 4 members (excludes halogenated alkanes) is 1. The molecule has 7 aliphatic rings. The highest BCUT2D eigenvalue weighted by Gasteiger charge is 2.42. The maximum absolute atomic E-state index is 16.1. The fraction of sp³-hybridized carbons (Fsp3) is 0.267. The number of piperazine rings is 1. The van der Waals surface area contributed by atoms with Crippen LogP contribution in [0.15, 0.2) is 133 Å². The van der Waals surface area contributed by atoms with E-state index in [1.807, 2.05) is 4.90 Å². The predicted octanol–water partition coefficient (Wildman–Crippen LogP) is 7.31. The van der Waals surface area contributed by atoms with Gasteiger partial charge in [-0.1, -0.05) is 85.1 Å². The van der Waals surface area contributed by atoms with Gasteiger partial charge in [0.1, 0.15) is 88.6 Å². The molecule has 27 nitrogen and oxygen atoms in total. The van der Waals surface area contributed by atoms with E-state index >= 15 is 24.0 Å². The van der Waals surface area contributed by atoms with Crippen molar-refractivity contribution in [3.8, 4) is 80.1 Å². The van der Waals surface area contributed by atoms with Crippen LogP contribution in [0.25, 0.3) is 11.1 Å². The number of aryl methyl sites for hydroxylation is 1. The van der Waals surface area contributed by atoms with Crippen molar-refractivity contribution in [3.63, 3.8) is 0 Å². The number of benzene rings is 8. The number of rotatable bonds is 8. The maximum Gasteiger partial charge on any atom is 0.248 e. The normalized spacial score (nSPS) is 21.4. The minimum atomic E-state index is -2.17. The Kier molecular flexibility index (Phi) is 20.2. The monoisotopic (exact) mass is 1450 g/mol. The molecule has 104 heavy (non-hydrogen) atoms. The second-order valence-electron chi connectivity index (χ2n) is 26.1. The zero-order chi connectivity index (χ0) is 73.5. The fourth-order valence-corrected chi connectivity index (χ4v) is 13.9. The van der Waals surface area contributed by atoms with E-state index in [9.17, 15) is 45.3 Å². The summed E-state index contributed by atoms with van der Waals surface area (Å²) in [6.45, 7) is 4.92. The summed E-state index contributed by atoms with van der Waals surface area (Å²) in [7, 11) is 1.25. The summed E-state index contributed by atoms with van der Waals surface area (Å²) in [5.41, 5.74) is 7.50. The Bertz CT molecular complexity index is 4790. The lowest BCUT2D eigenvalue weighted by Gasteiger charge is -2.35. The van der Waals surface area contributed by atoms with E-state index in [0.717, 1.165) is 61.2 Å². The Morgan fingerprint density at radius 2 is 1.12 bits per heavy atom. The van der Waals surface area contributed by atoms with E-state index in [2.05, 4.69) is 73.3 Å². The first-order valence-corrected chi connectivity index (χ1v) is 34.2. The Balaban J connectivity index is 0.958. The first kappa shape index (κ1) is 71.1. The van der Waals surface area contributed by atoms with Crippen LogP contribution in [0.2, 0.25) is 10.0 Å². The van der Waals surface area contributed by atoms with Crippen LogP contribution >= 0.6 is 23.2 Å². The number of nitrogens with zero attached hydrogens (tertiary/aromatic N) is 2. The second kappa shape index (κ2) is 29.6. The number of nitrogens with two attached hydrogens (primary N) is 1. The van der Waals surface area contributed by atoms with E-state index < -0.39 is 136 Å². The highest BCUT2D eigenvalue weighted by Crippen LogP contribution is 2.50. The quantitative estimate of drug-likeness (QED) is 0.0709. The predicted molar refractivity (Wildman–Crippen MR) is 377 cm³/mol. The fourth-order valence-electron chi connectivity index (χ4n) is 13.4. The molecule has 1 saturated heterocycles.